The molecule has 0 spiro atoms. The van der Waals surface area contributed by atoms with Gasteiger partial charge in [0.1, 0.15) is 4.90 Å². The van der Waals surface area contributed by atoms with E-state index >= 15 is 0 Å². The van der Waals surface area contributed by atoms with E-state index < -0.39 is 10.0 Å². The summed E-state index contributed by atoms with van der Waals surface area (Å²) in [5, 5.41) is 4.20. The summed E-state index contributed by atoms with van der Waals surface area (Å²) in [6, 6.07) is 10.5. The molecule has 3 heterocycles. The molecule has 1 aliphatic heterocycles. The minimum absolute atomic E-state index is 0.0235. The molecule has 0 saturated heterocycles. The van der Waals surface area contributed by atoms with Gasteiger partial charge < -0.3 is 4.90 Å². The topological polar surface area (TPSA) is 57.7 Å². The van der Waals surface area contributed by atoms with Crippen LogP contribution >= 0.6 is 34.3 Å². The number of hydrogen-bond donors (Lipinski definition) is 0. The summed E-state index contributed by atoms with van der Waals surface area (Å²) in [6.07, 6.45) is 0.790. The van der Waals surface area contributed by atoms with Crippen molar-refractivity contribution in [3.8, 4) is 0 Å². The van der Waals surface area contributed by atoms with Crippen LogP contribution in [0.5, 0.6) is 0 Å². The Kier molecular flexibility index (Phi) is 6.55. The van der Waals surface area contributed by atoms with Gasteiger partial charge in [0.15, 0.2) is 0 Å². The molecule has 0 bridgehead atoms. The van der Waals surface area contributed by atoms with Crippen LogP contribution in [0.15, 0.2) is 52.1 Å². The second-order valence-electron chi connectivity index (χ2n) is 7.20. The molecule has 164 valence electrons. The number of carbonyl (C=O) groups is 1. The van der Waals surface area contributed by atoms with Gasteiger partial charge in [-0.25, -0.2) is 8.42 Å². The monoisotopic (exact) mass is 494 g/mol. The zero-order chi connectivity index (χ0) is 22.2. The highest BCUT2D eigenvalue weighted by atomic mass is 35.5. The maximum atomic E-state index is 13.6. The van der Waals surface area contributed by atoms with Gasteiger partial charge in [-0.1, -0.05) is 31.5 Å². The van der Waals surface area contributed by atoms with Crippen molar-refractivity contribution in [1.82, 2.24) is 9.21 Å². The van der Waals surface area contributed by atoms with Crippen LogP contribution < -0.4 is 0 Å². The lowest BCUT2D eigenvalue weighted by Crippen LogP contribution is -2.40. The molecule has 4 rings (SSSR count). The van der Waals surface area contributed by atoms with E-state index in [4.69, 9.17) is 11.6 Å². The largest absolute Gasteiger partial charge is 0.326 e. The summed E-state index contributed by atoms with van der Waals surface area (Å²) in [4.78, 5) is 17.8. The van der Waals surface area contributed by atoms with Crippen molar-refractivity contribution in [2.75, 3.05) is 19.6 Å². The first-order chi connectivity index (χ1) is 14.9. The van der Waals surface area contributed by atoms with Crippen LogP contribution in [0.4, 0.5) is 0 Å². The van der Waals surface area contributed by atoms with E-state index in [2.05, 4.69) is 11.4 Å². The number of fused-ring (bicyclic) bond motifs is 1. The number of hydrogen-bond acceptors (Lipinski definition) is 5. The Morgan fingerprint density at radius 3 is 2.61 bits per heavy atom. The number of amides is 1. The Morgan fingerprint density at radius 1 is 1.16 bits per heavy atom. The zero-order valence-electron chi connectivity index (χ0n) is 17.2. The molecule has 2 aromatic heterocycles. The van der Waals surface area contributed by atoms with E-state index in [0.29, 0.717) is 25.2 Å². The number of sulfonamides is 1. The molecule has 1 aromatic carbocycles. The van der Waals surface area contributed by atoms with Crippen molar-refractivity contribution in [3.63, 3.8) is 0 Å². The molecule has 0 aliphatic carbocycles. The van der Waals surface area contributed by atoms with E-state index in [-0.39, 0.29) is 21.9 Å². The van der Waals surface area contributed by atoms with Gasteiger partial charge in [-0.2, -0.15) is 4.31 Å². The van der Waals surface area contributed by atoms with Crippen LogP contribution in [0.2, 0.25) is 5.02 Å². The summed E-state index contributed by atoms with van der Waals surface area (Å²) in [5.74, 6) is -0.192. The third kappa shape index (κ3) is 4.07. The van der Waals surface area contributed by atoms with Crippen LogP contribution in [-0.2, 0) is 16.4 Å². The Morgan fingerprint density at radius 2 is 1.94 bits per heavy atom. The maximum absolute atomic E-state index is 13.6. The minimum Gasteiger partial charge on any atom is -0.326 e. The van der Waals surface area contributed by atoms with Crippen molar-refractivity contribution in [2.45, 2.75) is 31.2 Å². The van der Waals surface area contributed by atoms with Crippen LogP contribution in [0.1, 0.15) is 45.6 Å². The third-order valence-electron chi connectivity index (χ3n) is 5.54. The number of rotatable bonds is 6. The predicted octanol–water partition coefficient (Wildman–Crippen LogP) is 5.28. The van der Waals surface area contributed by atoms with Crippen molar-refractivity contribution in [2.24, 2.45) is 0 Å². The average Bonchev–Trinajstić information content (AvgIpc) is 3.45. The fraction of sp³-hybridized carbons (Fsp3) is 0.318. The van der Waals surface area contributed by atoms with Crippen LogP contribution in [-0.4, -0.2) is 43.2 Å². The fourth-order valence-corrected chi connectivity index (χ4v) is 7.71. The highest BCUT2D eigenvalue weighted by molar-refractivity contribution is 7.89. The Hall–Kier alpha value is -1.71. The first-order valence-electron chi connectivity index (χ1n) is 10.1. The molecule has 1 aliphatic rings. The standard InChI is InChI=1S/C22H23ClN2O3S3/c1-3-24(4-2)31(27,28)20-14-15(7-8-17(20)23)22(26)25-11-9-18-16(10-13-30-18)21(25)19-6-5-12-29-19/h5-8,10,12-14,21H,3-4,9,11H2,1-2H3/t21-/m1/s1. The SMILES string of the molecule is CCN(CC)S(=O)(=O)c1cc(C(=O)N2CCc3sccc3[C@@H]2c2cccs2)ccc1Cl. The van der Waals surface area contributed by atoms with E-state index in [1.54, 1.807) is 42.6 Å². The van der Waals surface area contributed by atoms with Crippen LogP contribution in [0.25, 0.3) is 0 Å². The Balaban J connectivity index is 1.75. The Bertz CT molecular complexity index is 1180. The van der Waals surface area contributed by atoms with Crippen molar-refractivity contribution in [1.29, 1.82) is 0 Å². The summed E-state index contributed by atoms with van der Waals surface area (Å²) < 4.78 is 27.5. The molecule has 0 unspecified atom stereocenters. The average molecular weight is 495 g/mol. The summed E-state index contributed by atoms with van der Waals surface area (Å²) in [6.45, 7) is 4.81. The predicted molar refractivity (Wildman–Crippen MR) is 127 cm³/mol. The molecule has 1 amide bonds. The smallest absolute Gasteiger partial charge is 0.254 e. The normalized spacial score (nSPS) is 16.5. The van der Waals surface area contributed by atoms with Gasteiger partial charge in [-0.15, -0.1) is 22.7 Å². The lowest BCUT2D eigenvalue weighted by atomic mass is 9.97. The molecule has 0 radical (unpaired) electrons. The van der Waals surface area contributed by atoms with E-state index in [9.17, 15) is 13.2 Å². The molecular weight excluding hydrogens is 472 g/mol. The molecule has 0 saturated carbocycles. The van der Waals surface area contributed by atoms with E-state index in [0.717, 1.165) is 16.9 Å². The molecule has 5 nitrogen and oxygen atoms in total. The molecule has 0 fully saturated rings. The molecule has 0 N–H and O–H groups in total. The van der Waals surface area contributed by atoms with Crippen molar-refractivity contribution < 1.29 is 13.2 Å². The van der Waals surface area contributed by atoms with Crippen molar-refractivity contribution >= 4 is 50.2 Å². The first-order valence-corrected chi connectivity index (χ1v) is 13.7. The molecule has 9 heteroatoms. The Labute approximate surface area is 195 Å². The number of carbonyl (C=O) groups excluding carboxylic acids is 1. The lowest BCUT2D eigenvalue weighted by molar-refractivity contribution is 0.0698. The highest BCUT2D eigenvalue weighted by Gasteiger charge is 2.35. The van der Waals surface area contributed by atoms with E-state index in [1.807, 2.05) is 22.4 Å². The van der Waals surface area contributed by atoms with Gasteiger partial charge in [-0.3, -0.25) is 4.79 Å². The molecule has 3 aromatic rings. The fourth-order valence-electron chi connectivity index (χ4n) is 3.99. The minimum atomic E-state index is -3.78. The lowest BCUT2D eigenvalue weighted by Gasteiger charge is -2.35. The summed E-state index contributed by atoms with van der Waals surface area (Å²) in [5.41, 5.74) is 1.48. The van der Waals surface area contributed by atoms with Gasteiger partial charge in [0.2, 0.25) is 10.0 Å². The molecule has 1 atom stereocenters. The van der Waals surface area contributed by atoms with Crippen LogP contribution in [0.3, 0.4) is 0 Å². The maximum Gasteiger partial charge on any atom is 0.254 e. The summed E-state index contributed by atoms with van der Waals surface area (Å²) >= 11 is 9.60. The van der Waals surface area contributed by atoms with Crippen LogP contribution in [0, 0.1) is 0 Å². The molecule has 31 heavy (non-hydrogen) atoms. The van der Waals surface area contributed by atoms with Gasteiger partial charge in [0.25, 0.3) is 5.91 Å². The van der Waals surface area contributed by atoms with Crippen molar-refractivity contribution in [3.05, 3.63) is 73.1 Å². The number of thiophene rings is 2. The summed E-state index contributed by atoms with van der Waals surface area (Å²) in [7, 11) is -3.78. The van der Waals surface area contributed by atoms with Gasteiger partial charge >= 0.3 is 0 Å². The van der Waals surface area contributed by atoms with Gasteiger partial charge in [-0.05, 0) is 53.1 Å². The second kappa shape index (κ2) is 9.03. The second-order valence-corrected chi connectivity index (χ2v) is 11.5. The quantitative estimate of drug-likeness (QED) is 0.468. The van der Waals surface area contributed by atoms with Gasteiger partial charge in [0, 0.05) is 35.0 Å². The highest BCUT2D eigenvalue weighted by Crippen LogP contribution is 2.40. The van der Waals surface area contributed by atoms with E-state index in [1.165, 1.54) is 21.3 Å². The van der Waals surface area contributed by atoms with Gasteiger partial charge in [0.05, 0.1) is 11.1 Å². The number of nitrogens with zero attached hydrogens (tertiary/aromatic N) is 2. The first kappa shape index (κ1) is 22.5. The zero-order valence-corrected chi connectivity index (χ0v) is 20.5. The number of benzene rings is 1. The number of halogens is 1. The third-order valence-corrected chi connectivity index (χ3v) is 9.99. The molecular formula is C22H23ClN2O3S3.